The first kappa shape index (κ1) is 28.4. The zero-order valence-electron chi connectivity index (χ0n) is 21.2. The average molecular weight is 534 g/mol. The maximum Gasteiger partial charge on any atom is 0.416 e. The number of ketones is 1. The second-order valence-electron chi connectivity index (χ2n) is 8.04. The molecule has 0 saturated carbocycles. The second-order valence-corrected chi connectivity index (χ2v) is 8.04. The highest BCUT2D eigenvalue weighted by Crippen LogP contribution is 2.39. The lowest BCUT2D eigenvalue weighted by atomic mass is 10.1. The highest BCUT2D eigenvalue weighted by Gasteiger charge is 2.30. The topological polar surface area (TPSA) is 66.0 Å². The molecule has 0 saturated heterocycles. The molecule has 0 aliphatic rings. The van der Waals surface area contributed by atoms with Crippen LogP contribution in [0.3, 0.4) is 0 Å². The van der Waals surface area contributed by atoms with Crippen LogP contribution in [-0.4, -0.2) is 40.8 Å². The van der Waals surface area contributed by atoms with Crippen molar-refractivity contribution in [1.29, 1.82) is 0 Å². The molecule has 0 aliphatic carbocycles. The van der Waals surface area contributed by atoms with E-state index >= 15 is 0 Å². The van der Waals surface area contributed by atoms with Gasteiger partial charge in [0.05, 0.1) is 34.0 Å². The van der Waals surface area contributed by atoms with E-state index in [-0.39, 0.29) is 30.1 Å². The van der Waals surface area contributed by atoms with Crippen LogP contribution in [0.2, 0.25) is 0 Å². The molecule has 3 rings (SSSR count). The van der Waals surface area contributed by atoms with Crippen LogP contribution in [0.4, 0.5) is 23.2 Å². The van der Waals surface area contributed by atoms with Gasteiger partial charge in [0.1, 0.15) is 0 Å². The molecule has 0 spiro atoms. The standard InChI is InChI=1S/C28H27F4NO5/c1-35-24-16-22(33-12-11-23(34)18-7-9-20(10-8-18)28(30,31)32)19(15-21(24)29)6-5-17-13-25(36-2)27(38-4)26(14-17)37-3/h5-10,13-16,33H,11-12H2,1-4H3/b6-5-. The maximum atomic E-state index is 14.5. The molecule has 38 heavy (non-hydrogen) atoms. The van der Waals surface area contributed by atoms with Crippen LogP contribution in [0, 0.1) is 5.82 Å². The first-order valence-corrected chi connectivity index (χ1v) is 11.4. The third-order valence-corrected chi connectivity index (χ3v) is 5.67. The van der Waals surface area contributed by atoms with E-state index in [1.807, 2.05) is 0 Å². The number of rotatable bonds is 11. The summed E-state index contributed by atoms with van der Waals surface area (Å²) >= 11 is 0. The number of carbonyl (C=O) groups is 1. The Morgan fingerprint density at radius 2 is 1.45 bits per heavy atom. The van der Waals surface area contributed by atoms with E-state index < -0.39 is 17.6 Å². The fraction of sp³-hybridized carbons (Fsp3) is 0.250. The van der Waals surface area contributed by atoms with E-state index in [0.29, 0.717) is 34.1 Å². The molecule has 0 heterocycles. The number of anilines is 1. The lowest BCUT2D eigenvalue weighted by Crippen LogP contribution is -2.11. The Kier molecular flexibility index (Phi) is 9.22. The predicted octanol–water partition coefficient (Wildman–Crippen LogP) is 6.73. The summed E-state index contributed by atoms with van der Waals surface area (Å²) < 4.78 is 73.9. The van der Waals surface area contributed by atoms with Crippen LogP contribution in [0.25, 0.3) is 12.2 Å². The Balaban J connectivity index is 1.80. The van der Waals surface area contributed by atoms with Crippen LogP contribution in [0.1, 0.15) is 33.5 Å². The Hall–Kier alpha value is -4.21. The molecule has 0 atom stereocenters. The van der Waals surface area contributed by atoms with E-state index in [1.54, 1.807) is 24.3 Å². The largest absolute Gasteiger partial charge is 0.494 e. The molecule has 202 valence electrons. The Morgan fingerprint density at radius 1 is 0.842 bits per heavy atom. The molecule has 0 unspecified atom stereocenters. The minimum atomic E-state index is -4.48. The summed E-state index contributed by atoms with van der Waals surface area (Å²) in [5.74, 6) is 0.424. The average Bonchev–Trinajstić information content (AvgIpc) is 2.91. The van der Waals surface area contributed by atoms with Gasteiger partial charge < -0.3 is 24.3 Å². The number of nitrogens with one attached hydrogen (secondary N) is 1. The quantitative estimate of drug-likeness (QED) is 0.167. The van der Waals surface area contributed by atoms with E-state index in [0.717, 1.165) is 24.3 Å². The SMILES string of the molecule is COc1cc(NCCC(=O)c2ccc(C(F)(F)F)cc2)c(/C=C\c2cc(OC)c(OC)c(OC)c2)cc1F. The zero-order valence-corrected chi connectivity index (χ0v) is 21.2. The lowest BCUT2D eigenvalue weighted by molar-refractivity contribution is -0.137. The van der Waals surface area contributed by atoms with E-state index in [2.05, 4.69) is 5.32 Å². The van der Waals surface area contributed by atoms with Crippen molar-refractivity contribution in [3.05, 3.63) is 76.6 Å². The van der Waals surface area contributed by atoms with Crippen molar-refractivity contribution in [2.75, 3.05) is 40.3 Å². The molecule has 0 aromatic heterocycles. The summed E-state index contributed by atoms with van der Waals surface area (Å²) in [4.78, 5) is 12.5. The monoisotopic (exact) mass is 533 g/mol. The van der Waals surface area contributed by atoms with Crippen molar-refractivity contribution in [2.45, 2.75) is 12.6 Å². The summed E-state index contributed by atoms with van der Waals surface area (Å²) in [6, 6.07) is 10.3. The van der Waals surface area contributed by atoms with Crippen molar-refractivity contribution in [3.8, 4) is 23.0 Å². The van der Waals surface area contributed by atoms with Crippen LogP contribution >= 0.6 is 0 Å². The lowest BCUT2D eigenvalue weighted by Gasteiger charge is -2.14. The second kappa shape index (κ2) is 12.4. The third-order valence-electron chi connectivity index (χ3n) is 5.67. The van der Waals surface area contributed by atoms with Crippen molar-refractivity contribution in [3.63, 3.8) is 0 Å². The molecule has 6 nitrogen and oxygen atoms in total. The predicted molar refractivity (Wildman–Crippen MR) is 137 cm³/mol. The molecule has 0 amide bonds. The fourth-order valence-corrected chi connectivity index (χ4v) is 3.70. The molecular weight excluding hydrogens is 506 g/mol. The number of methoxy groups -OCH3 is 4. The highest BCUT2D eigenvalue weighted by atomic mass is 19.4. The van der Waals surface area contributed by atoms with Gasteiger partial charge in [-0.2, -0.15) is 13.2 Å². The summed E-state index contributed by atoms with van der Waals surface area (Å²) in [5, 5.41) is 3.08. The summed E-state index contributed by atoms with van der Waals surface area (Å²) in [6.07, 6.45) is -1.08. The number of ether oxygens (including phenoxy) is 4. The molecule has 0 fully saturated rings. The number of Topliss-reactive ketones (excluding diaryl/α,β-unsaturated/α-hetero) is 1. The molecule has 3 aromatic carbocycles. The van der Waals surface area contributed by atoms with Crippen molar-refractivity contribution >= 4 is 23.6 Å². The highest BCUT2D eigenvalue weighted by molar-refractivity contribution is 5.96. The Morgan fingerprint density at radius 3 is 1.97 bits per heavy atom. The van der Waals surface area contributed by atoms with Gasteiger partial charge in [0, 0.05) is 35.8 Å². The molecule has 0 aliphatic heterocycles. The van der Waals surface area contributed by atoms with Crippen LogP contribution in [0.15, 0.2) is 48.5 Å². The van der Waals surface area contributed by atoms with Crippen molar-refractivity contribution < 1.29 is 41.3 Å². The Bertz CT molecular complexity index is 1280. The minimum Gasteiger partial charge on any atom is -0.494 e. The minimum absolute atomic E-state index is 0.00108. The molecule has 3 aromatic rings. The number of alkyl halides is 3. The Labute approximate surface area is 217 Å². The van der Waals surface area contributed by atoms with Crippen LogP contribution in [-0.2, 0) is 6.18 Å². The van der Waals surface area contributed by atoms with Gasteiger partial charge in [-0.25, -0.2) is 4.39 Å². The zero-order chi connectivity index (χ0) is 27.9. The van der Waals surface area contributed by atoms with E-state index in [9.17, 15) is 22.4 Å². The number of benzene rings is 3. The number of halogens is 4. The van der Waals surface area contributed by atoms with Gasteiger partial charge in [0.25, 0.3) is 0 Å². The van der Waals surface area contributed by atoms with Gasteiger partial charge in [0.2, 0.25) is 5.75 Å². The van der Waals surface area contributed by atoms with Gasteiger partial charge in [-0.15, -0.1) is 0 Å². The van der Waals surface area contributed by atoms with Crippen molar-refractivity contribution in [1.82, 2.24) is 0 Å². The van der Waals surface area contributed by atoms with Gasteiger partial charge in [0.15, 0.2) is 28.8 Å². The van der Waals surface area contributed by atoms with Gasteiger partial charge in [-0.1, -0.05) is 24.3 Å². The van der Waals surface area contributed by atoms with E-state index in [4.69, 9.17) is 18.9 Å². The van der Waals surface area contributed by atoms with Gasteiger partial charge in [-0.3, -0.25) is 4.79 Å². The van der Waals surface area contributed by atoms with Gasteiger partial charge >= 0.3 is 6.18 Å². The maximum absolute atomic E-state index is 14.5. The molecule has 1 N–H and O–H groups in total. The first-order valence-electron chi connectivity index (χ1n) is 11.4. The number of hydrogen-bond acceptors (Lipinski definition) is 6. The first-order chi connectivity index (χ1) is 18.1. The van der Waals surface area contributed by atoms with Crippen LogP contribution < -0.4 is 24.3 Å². The molecule has 0 bridgehead atoms. The van der Waals surface area contributed by atoms with Gasteiger partial charge in [-0.05, 0) is 35.9 Å². The fourth-order valence-electron chi connectivity index (χ4n) is 3.70. The number of hydrogen-bond donors (Lipinski definition) is 1. The van der Waals surface area contributed by atoms with Crippen LogP contribution in [0.5, 0.6) is 23.0 Å². The number of carbonyl (C=O) groups excluding carboxylic acids is 1. The smallest absolute Gasteiger partial charge is 0.416 e. The third kappa shape index (κ3) is 6.76. The van der Waals surface area contributed by atoms with E-state index in [1.165, 1.54) is 40.6 Å². The summed E-state index contributed by atoms with van der Waals surface area (Å²) in [5.41, 5.74) is 0.999. The van der Waals surface area contributed by atoms with Crippen molar-refractivity contribution in [2.24, 2.45) is 0 Å². The normalized spacial score (nSPS) is 11.4. The molecule has 0 radical (unpaired) electrons. The molecule has 10 heteroatoms. The summed E-state index contributed by atoms with van der Waals surface area (Å²) in [6.45, 7) is 0.152. The molecular formula is C28H27F4NO5. The summed E-state index contributed by atoms with van der Waals surface area (Å²) in [7, 11) is 5.83.